The van der Waals surface area contributed by atoms with Gasteiger partial charge in [-0.05, 0) is 18.8 Å². The van der Waals surface area contributed by atoms with Crippen LogP contribution in [0.1, 0.15) is 38.5 Å². The van der Waals surface area contributed by atoms with Gasteiger partial charge in [-0.2, -0.15) is 0 Å². The second-order valence-electron chi connectivity index (χ2n) is 5.36. The molecule has 20 heavy (non-hydrogen) atoms. The summed E-state index contributed by atoms with van der Waals surface area (Å²) in [5.41, 5.74) is 6.02. The molecule has 1 saturated carbocycles. The maximum Gasteiger partial charge on any atom is 0.221 e. The van der Waals surface area contributed by atoms with Crippen LogP contribution in [0.5, 0.6) is 0 Å². The number of carbonyl (C=O) groups excluding carboxylic acids is 2. The van der Waals surface area contributed by atoms with Crippen LogP contribution in [-0.2, 0) is 14.3 Å². The van der Waals surface area contributed by atoms with Crippen LogP contribution < -0.4 is 16.4 Å². The molecule has 2 atom stereocenters. The standard InChI is InChI=1S/C14H27N3O3/c1-20-9-8-17-13(18)6-7-16-14(19)10-11-4-2-3-5-12(11)15/h11-12H,2-10,15H2,1H3,(H,16,19)(H,17,18). The fourth-order valence-corrected chi connectivity index (χ4v) is 2.50. The van der Waals surface area contributed by atoms with E-state index >= 15 is 0 Å². The van der Waals surface area contributed by atoms with Crippen LogP contribution in [-0.4, -0.2) is 44.7 Å². The van der Waals surface area contributed by atoms with E-state index in [2.05, 4.69) is 10.6 Å². The van der Waals surface area contributed by atoms with Gasteiger partial charge in [-0.15, -0.1) is 0 Å². The van der Waals surface area contributed by atoms with Crippen molar-refractivity contribution >= 4 is 11.8 Å². The summed E-state index contributed by atoms with van der Waals surface area (Å²) in [7, 11) is 1.59. The number of rotatable bonds is 8. The third-order valence-corrected chi connectivity index (χ3v) is 3.72. The Morgan fingerprint density at radius 1 is 1.15 bits per heavy atom. The van der Waals surface area contributed by atoms with Crippen molar-refractivity contribution in [1.29, 1.82) is 0 Å². The van der Waals surface area contributed by atoms with Crippen molar-refractivity contribution in [2.45, 2.75) is 44.6 Å². The molecule has 0 heterocycles. The molecule has 0 bridgehead atoms. The van der Waals surface area contributed by atoms with E-state index in [0.29, 0.717) is 38.5 Å². The third kappa shape index (κ3) is 6.86. The Kier molecular flexibility index (Phi) is 8.22. The van der Waals surface area contributed by atoms with Crippen molar-refractivity contribution in [2.75, 3.05) is 26.8 Å². The van der Waals surface area contributed by atoms with Gasteiger partial charge >= 0.3 is 0 Å². The van der Waals surface area contributed by atoms with Crippen LogP contribution in [0.15, 0.2) is 0 Å². The van der Waals surface area contributed by atoms with Crippen LogP contribution in [0, 0.1) is 5.92 Å². The maximum atomic E-state index is 11.8. The second-order valence-corrected chi connectivity index (χ2v) is 5.36. The highest BCUT2D eigenvalue weighted by Crippen LogP contribution is 2.25. The molecule has 0 radical (unpaired) electrons. The van der Waals surface area contributed by atoms with Crippen LogP contribution >= 0.6 is 0 Å². The quantitative estimate of drug-likeness (QED) is 0.554. The Morgan fingerprint density at radius 2 is 1.85 bits per heavy atom. The summed E-state index contributed by atoms with van der Waals surface area (Å²) in [6.07, 6.45) is 5.15. The number of amides is 2. The molecule has 1 fully saturated rings. The van der Waals surface area contributed by atoms with Gasteiger partial charge in [0.1, 0.15) is 0 Å². The minimum atomic E-state index is -0.0725. The summed E-state index contributed by atoms with van der Waals surface area (Å²) in [5, 5.41) is 5.50. The van der Waals surface area contributed by atoms with E-state index < -0.39 is 0 Å². The molecule has 0 spiro atoms. The maximum absolute atomic E-state index is 11.8. The lowest BCUT2D eigenvalue weighted by atomic mass is 9.83. The first kappa shape index (κ1) is 16.9. The minimum absolute atomic E-state index is 0.00274. The first-order valence-corrected chi connectivity index (χ1v) is 7.41. The van der Waals surface area contributed by atoms with Gasteiger partial charge in [-0.1, -0.05) is 12.8 Å². The Bertz CT molecular complexity index is 310. The van der Waals surface area contributed by atoms with Crippen molar-refractivity contribution in [3.8, 4) is 0 Å². The number of carbonyl (C=O) groups is 2. The highest BCUT2D eigenvalue weighted by atomic mass is 16.5. The predicted molar refractivity (Wildman–Crippen MR) is 77.1 cm³/mol. The number of hydrogen-bond donors (Lipinski definition) is 3. The zero-order chi connectivity index (χ0) is 14.8. The van der Waals surface area contributed by atoms with Crippen molar-refractivity contribution in [1.82, 2.24) is 10.6 Å². The monoisotopic (exact) mass is 285 g/mol. The molecule has 0 saturated heterocycles. The van der Waals surface area contributed by atoms with Crippen molar-refractivity contribution in [2.24, 2.45) is 11.7 Å². The van der Waals surface area contributed by atoms with Gasteiger partial charge < -0.3 is 21.1 Å². The van der Waals surface area contributed by atoms with Crippen LogP contribution in [0.3, 0.4) is 0 Å². The third-order valence-electron chi connectivity index (χ3n) is 3.72. The number of methoxy groups -OCH3 is 1. The summed E-state index contributed by atoms with van der Waals surface area (Å²) in [6.45, 7) is 1.37. The zero-order valence-electron chi connectivity index (χ0n) is 12.3. The molecule has 0 aliphatic heterocycles. The fourth-order valence-electron chi connectivity index (χ4n) is 2.50. The number of ether oxygens (including phenoxy) is 1. The lowest BCUT2D eigenvalue weighted by Gasteiger charge is -2.27. The van der Waals surface area contributed by atoms with Gasteiger partial charge in [-0.25, -0.2) is 0 Å². The van der Waals surface area contributed by atoms with E-state index in [1.54, 1.807) is 7.11 Å². The average Bonchev–Trinajstić information content (AvgIpc) is 2.42. The second kappa shape index (κ2) is 9.72. The summed E-state index contributed by atoms with van der Waals surface area (Å²) >= 11 is 0. The molecular weight excluding hydrogens is 258 g/mol. The molecule has 6 nitrogen and oxygen atoms in total. The lowest BCUT2D eigenvalue weighted by molar-refractivity contribution is -0.123. The van der Waals surface area contributed by atoms with Gasteiger partial charge in [-0.3, -0.25) is 9.59 Å². The Labute approximate surface area is 120 Å². The first-order chi connectivity index (χ1) is 9.63. The lowest BCUT2D eigenvalue weighted by Crippen LogP contribution is -2.38. The fraction of sp³-hybridized carbons (Fsp3) is 0.857. The van der Waals surface area contributed by atoms with Crippen molar-refractivity contribution < 1.29 is 14.3 Å². The van der Waals surface area contributed by atoms with Gasteiger partial charge in [0.2, 0.25) is 11.8 Å². The van der Waals surface area contributed by atoms with E-state index in [4.69, 9.17) is 10.5 Å². The molecule has 116 valence electrons. The van der Waals surface area contributed by atoms with Crippen LogP contribution in [0.4, 0.5) is 0 Å². The smallest absolute Gasteiger partial charge is 0.221 e. The molecule has 6 heteroatoms. The SMILES string of the molecule is COCCNC(=O)CCNC(=O)CC1CCCCC1N. The molecule has 1 aliphatic carbocycles. The molecule has 1 rings (SSSR count). The normalized spacial score (nSPS) is 22.3. The summed E-state index contributed by atoms with van der Waals surface area (Å²) in [6, 6.07) is 0.145. The molecule has 0 aromatic carbocycles. The largest absolute Gasteiger partial charge is 0.383 e. The molecular formula is C14H27N3O3. The highest BCUT2D eigenvalue weighted by Gasteiger charge is 2.23. The molecule has 0 aromatic heterocycles. The Hall–Kier alpha value is -1.14. The van der Waals surface area contributed by atoms with Gasteiger partial charge in [0.25, 0.3) is 0 Å². The van der Waals surface area contributed by atoms with Gasteiger partial charge in [0.15, 0.2) is 0 Å². The molecule has 1 aliphatic rings. The summed E-state index contributed by atoms with van der Waals surface area (Å²) in [4.78, 5) is 23.2. The summed E-state index contributed by atoms with van der Waals surface area (Å²) < 4.78 is 4.83. The highest BCUT2D eigenvalue weighted by molar-refractivity contribution is 5.79. The van der Waals surface area contributed by atoms with Crippen LogP contribution in [0.2, 0.25) is 0 Å². The van der Waals surface area contributed by atoms with Crippen molar-refractivity contribution in [3.05, 3.63) is 0 Å². The zero-order valence-corrected chi connectivity index (χ0v) is 12.3. The Balaban J connectivity index is 2.09. The molecule has 4 N–H and O–H groups in total. The molecule has 0 aromatic rings. The topological polar surface area (TPSA) is 93.5 Å². The van der Waals surface area contributed by atoms with E-state index in [-0.39, 0.29) is 17.9 Å². The van der Waals surface area contributed by atoms with Gasteiger partial charge in [0, 0.05) is 39.1 Å². The van der Waals surface area contributed by atoms with Gasteiger partial charge in [0.05, 0.1) is 6.61 Å². The minimum Gasteiger partial charge on any atom is -0.383 e. The first-order valence-electron chi connectivity index (χ1n) is 7.41. The van der Waals surface area contributed by atoms with Crippen molar-refractivity contribution in [3.63, 3.8) is 0 Å². The van der Waals surface area contributed by atoms with E-state index in [1.807, 2.05) is 0 Å². The Morgan fingerprint density at radius 3 is 2.55 bits per heavy atom. The average molecular weight is 285 g/mol. The molecule has 2 amide bonds. The van der Waals surface area contributed by atoms with Crippen LogP contribution in [0.25, 0.3) is 0 Å². The number of nitrogens with two attached hydrogens (primary N) is 1. The number of nitrogens with one attached hydrogen (secondary N) is 2. The predicted octanol–water partition coefficient (Wildman–Crippen LogP) is 0.163. The number of hydrogen-bond acceptors (Lipinski definition) is 4. The molecule has 2 unspecified atom stereocenters. The van der Waals surface area contributed by atoms with E-state index in [1.165, 1.54) is 6.42 Å². The van der Waals surface area contributed by atoms with E-state index in [9.17, 15) is 9.59 Å². The summed E-state index contributed by atoms with van der Waals surface area (Å²) in [5.74, 6) is 0.216. The van der Waals surface area contributed by atoms with E-state index in [0.717, 1.165) is 19.3 Å².